The minimum atomic E-state index is 0.391. The largest absolute Gasteiger partial charge is 0.475 e. The third-order valence-corrected chi connectivity index (χ3v) is 4.07. The van der Waals surface area contributed by atoms with Gasteiger partial charge in [0.2, 0.25) is 5.88 Å². The van der Waals surface area contributed by atoms with E-state index in [0.29, 0.717) is 43.6 Å². The summed E-state index contributed by atoms with van der Waals surface area (Å²) in [4.78, 5) is 0. The topological polar surface area (TPSA) is 73.2 Å². The van der Waals surface area contributed by atoms with Crippen LogP contribution in [-0.4, -0.2) is 24.4 Å². The third-order valence-electron chi connectivity index (χ3n) is 4.07. The first kappa shape index (κ1) is 16.9. The molecule has 0 aliphatic carbocycles. The van der Waals surface area contributed by atoms with Crippen molar-refractivity contribution in [3.05, 3.63) is 59.8 Å². The molecule has 0 saturated heterocycles. The second-order valence-electron chi connectivity index (χ2n) is 5.67. The van der Waals surface area contributed by atoms with Gasteiger partial charge in [0, 0.05) is 12.7 Å². The molecule has 0 aliphatic heterocycles. The van der Waals surface area contributed by atoms with Crippen LogP contribution >= 0.6 is 0 Å². The molecular formula is C20H21N3O2. The first-order valence-electron chi connectivity index (χ1n) is 8.31. The Labute approximate surface area is 147 Å². The molecule has 0 atom stereocenters. The van der Waals surface area contributed by atoms with E-state index in [2.05, 4.69) is 30.3 Å². The summed E-state index contributed by atoms with van der Waals surface area (Å²) in [6.07, 6.45) is 0. The number of nitriles is 1. The standard InChI is InChI=1S/C20H21N3O2/c1-2-24-10-11-25-20-19(22)12-17(13-21)23(20)14-16-8-5-7-15-6-3-4-9-18(15)16/h3-9,12H,2,10-11,14,22H2,1H3. The van der Waals surface area contributed by atoms with Crippen LogP contribution in [0.4, 0.5) is 5.69 Å². The van der Waals surface area contributed by atoms with Crippen LogP contribution in [0.5, 0.6) is 5.88 Å². The number of nitrogens with zero attached hydrogens (tertiary/aromatic N) is 2. The number of nitrogen functional groups attached to an aromatic ring is 1. The highest BCUT2D eigenvalue weighted by Gasteiger charge is 2.16. The minimum Gasteiger partial charge on any atom is -0.475 e. The lowest BCUT2D eigenvalue weighted by Gasteiger charge is -2.14. The van der Waals surface area contributed by atoms with E-state index in [1.54, 1.807) is 6.07 Å². The van der Waals surface area contributed by atoms with Crippen LogP contribution < -0.4 is 10.5 Å². The maximum atomic E-state index is 9.45. The maximum Gasteiger partial charge on any atom is 0.218 e. The van der Waals surface area contributed by atoms with Gasteiger partial charge < -0.3 is 15.2 Å². The molecule has 2 N–H and O–H groups in total. The zero-order valence-corrected chi connectivity index (χ0v) is 14.2. The van der Waals surface area contributed by atoms with Crippen molar-refractivity contribution in [2.75, 3.05) is 25.6 Å². The third kappa shape index (κ3) is 3.59. The van der Waals surface area contributed by atoms with Crippen molar-refractivity contribution in [3.63, 3.8) is 0 Å². The van der Waals surface area contributed by atoms with Crippen LogP contribution in [0.1, 0.15) is 18.2 Å². The smallest absolute Gasteiger partial charge is 0.218 e. The second kappa shape index (κ2) is 7.73. The molecule has 1 heterocycles. The molecule has 3 aromatic rings. The van der Waals surface area contributed by atoms with Crippen LogP contribution in [0.25, 0.3) is 10.8 Å². The second-order valence-corrected chi connectivity index (χ2v) is 5.67. The Bertz CT molecular complexity index is 904. The van der Waals surface area contributed by atoms with Crippen LogP contribution in [0.15, 0.2) is 48.5 Å². The first-order chi connectivity index (χ1) is 12.2. The summed E-state index contributed by atoms with van der Waals surface area (Å²) in [5, 5.41) is 11.8. The lowest BCUT2D eigenvalue weighted by Crippen LogP contribution is -2.12. The van der Waals surface area contributed by atoms with Gasteiger partial charge in [-0.2, -0.15) is 5.26 Å². The van der Waals surface area contributed by atoms with Gasteiger partial charge in [-0.05, 0) is 23.3 Å². The monoisotopic (exact) mass is 335 g/mol. The summed E-state index contributed by atoms with van der Waals surface area (Å²) < 4.78 is 12.9. The van der Waals surface area contributed by atoms with Crippen LogP contribution in [0, 0.1) is 11.3 Å². The number of fused-ring (bicyclic) bond motifs is 1. The number of aromatic nitrogens is 1. The van der Waals surface area contributed by atoms with Crippen LogP contribution in [0.2, 0.25) is 0 Å². The van der Waals surface area contributed by atoms with E-state index >= 15 is 0 Å². The number of hydrogen-bond donors (Lipinski definition) is 1. The Morgan fingerprint density at radius 2 is 1.92 bits per heavy atom. The van der Waals surface area contributed by atoms with Gasteiger partial charge in [0.25, 0.3) is 0 Å². The molecule has 25 heavy (non-hydrogen) atoms. The average Bonchev–Trinajstić information content (AvgIpc) is 2.94. The number of benzene rings is 2. The normalized spacial score (nSPS) is 10.7. The van der Waals surface area contributed by atoms with E-state index in [0.717, 1.165) is 16.3 Å². The summed E-state index contributed by atoms with van der Waals surface area (Å²) in [7, 11) is 0. The predicted octanol–water partition coefficient (Wildman–Crippen LogP) is 3.56. The molecule has 128 valence electrons. The summed E-state index contributed by atoms with van der Waals surface area (Å²) in [5.41, 5.74) is 8.12. The Balaban J connectivity index is 1.94. The van der Waals surface area contributed by atoms with Crippen molar-refractivity contribution in [2.24, 2.45) is 0 Å². The van der Waals surface area contributed by atoms with E-state index in [9.17, 15) is 5.26 Å². The molecule has 1 aromatic heterocycles. The zero-order chi connectivity index (χ0) is 17.6. The number of rotatable bonds is 7. The lowest BCUT2D eigenvalue weighted by atomic mass is 10.0. The van der Waals surface area contributed by atoms with Gasteiger partial charge in [-0.3, -0.25) is 4.57 Å². The van der Waals surface area contributed by atoms with Crippen molar-refractivity contribution in [2.45, 2.75) is 13.5 Å². The molecule has 0 spiro atoms. The van der Waals surface area contributed by atoms with Crippen LogP contribution in [0.3, 0.4) is 0 Å². The summed E-state index contributed by atoms with van der Waals surface area (Å²) in [6.45, 7) is 3.97. The van der Waals surface area contributed by atoms with Gasteiger partial charge in [0.1, 0.15) is 18.4 Å². The Hall–Kier alpha value is -2.97. The fourth-order valence-corrected chi connectivity index (χ4v) is 2.91. The van der Waals surface area contributed by atoms with E-state index in [-0.39, 0.29) is 0 Å². The molecule has 0 saturated carbocycles. The number of ether oxygens (including phenoxy) is 2. The highest BCUT2D eigenvalue weighted by atomic mass is 16.5. The molecule has 5 heteroatoms. The molecule has 0 unspecified atom stereocenters. The molecule has 0 bridgehead atoms. The molecule has 0 fully saturated rings. The van der Waals surface area contributed by atoms with Gasteiger partial charge >= 0.3 is 0 Å². The van der Waals surface area contributed by atoms with Crippen molar-refractivity contribution in [1.29, 1.82) is 5.26 Å². The highest BCUT2D eigenvalue weighted by Crippen LogP contribution is 2.29. The lowest BCUT2D eigenvalue weighted by molar-refractivity contribution is 0.107. The zero-order valence-electron chi connectivity index (χ0n) is 14.2. The minimum absolute atomic E-state index is 0.391. The van der Waals surface area contributed by atoms with Crippen molar-refractivity contribution in [1.82, 2.24) is 4.57 Å². The van der Waals surface area contributed by atoms with E-state index in [1.165, 1.54) is 0 Å². The van der Waals surface area contributed by atoms with Crippen molar-refractivity contribution < 1.29 is 9.47 Å². The van der Waals surface area contributed by atoms with Gasteiger partial charge in [-0.15, -0.1) is 0 Å². The molecule has 0 amide bonds. The van der Waals surface area contributed by atoms with Crippen LogP contribution in [-0.2, 0) is 11.3 Å². The van der Waals surface area contributed by atoms with E-state index in [1.807, 2.05) is 29.7 Å². The molecular weight excluding hydrogens is 314 g/mol. The fourth-order valence-electron chi connectivity index (χ4n) is 2.91. The number of hydrogen-bond acceptors (Lipinski definition) is 4. The quantitative estimate of drug-likeness (QED) is 0.670. The van der Waals surface area contributed by atoms with Gasteiger partial charge in [0.05, 0.1) is 18.8 Å². The van der Waals surface area contributed by atoms with Gasteiger partial charge in [-0.25, -0.2) is 0 Å². The summed E-state index contributed by atoms with van der Waals surface area (Å²) in [6, 6.07) is 18.2. The van der Waals surface area contributed by atoms with Gasteiger partial charge in [-0.1, -0.05) is 42.5 Å². The first-order valence-corrected chi connectivity index (χ1v) is 8.31. The molecule has 5 nitrogen and oxygen atoms in total. The molecule has 3 rings (SSSR count). The number of nitrogens with two attached hydrogens (primary N) is 1. The fraction of sp³-hybridized carbons (Fsp3) is 0.250. The van der Waals surface area contributed by atoms with E-state index < -0.39 is 0 Å². The molecule has 0 radical (unpaired) electrons. The Kier molecular flexibility index (Phi) is 5.22. The summed E-state index contributed by atoms with van der Waals surface area (Å²) >= 11 is 0. The van der Waals surface area contributed by atoms with Gasteiger partial charge in [0.15, 0.2) is 0 Å². The van der Waals surface area contributed by atoms with Crippen molar-refractivity contribution in [3.8, 4) is 11.9 Å². The summed E-state index contributed by atoms with van der Waals surface area (Å²) in [5.74, 6) is 0.518. The van der Waals surface area contributed by atoms with Crippen molar-refractivity contribution >= 4 is 16.5 Å². The molecule has 0 aliphatic rings. The maximum absolute atomic E-state index is 9.45. The molecule has 2 aromatic carbocycles. The Morgan fingerprint density at radius 3 is 2.72 bits per heavy atom. The Morgan fingerprint density at radius 1 is 1.12 bits per heavy atom. The number of anilines is 1. The predicted molar refractivity (Wildman–Crippen MR) is 98.6 cm³/mol. The SMILES string of the molecule is CCOCCOc1c(N)cc(C#N)n1Cc1cccc2ccccc12. The van der Waals surface area contributed by atoms with E-state index in [4.69, 9.17) is 15.2 Å². The highest BCUT2D eigenvalue weighted by molar-refractivity contribution is 5.85. The average molecular weight is 335 g/mol.